The van der Waals surface area contributed by atoms with Gasteiger partial charge in [0.25, 0.3) is 5.91 Å². The van der Waals surface area contributed by atoms with Crippen molar-refractivity contribution in [2.45, 2.75) is 32.7 Å². The number of nitrogens with one attached hydrogen (secondary N) is 1. The zero-order chi connectivity index (χ0) is 13.1. The van der Waals surface area contributed by atoms with Gasteiger partial charge in [0.2, 0.25) is 5.76 Å². The first-order valence-corrected chi connectivity index (χ1v) is 6.43. The first-order chi connectivity index (χ1) is 7.88. The molecule has 0 spiro atoms. The molecule has 0 aliphatic carbocycles. The van der Waals surface area contributed by atoms with Crippen LogP contribution in [0, 0.1) is 5.92 Å². The first kappa shape index (κ1) is 17.5. The fourth-order valence-corrected chi connectivity index (χ4v) is 2.25. The Hall–Kier alpha value is -0.520. The molecule has 0 aromatic carbocycles. The Bertz CT molecular complexity index is 395. The second kappa shape index (κ2) is 7.16. The number of hydrogen-bond donors (Lipinski definition) is 2. The highest BCUT2D eigenvalue weighted by Crippen LogP contribution is 2.20. The van der Waals surface area contributed by atoms with Gasteiger partial charge in [0, 0.05) is 6.54 Å². The van der Waals surface area contributed by atoms with Gasteiger partial charge >= 0.3 is 0 Å². The second-order valence-electron chi connectivity index (χ2n) is 4.91. The molecule has 0 fully saturated rings. The maximum Gasteiger partial charge on any atom is 0.288 e. The largest absolute Gasteiger partial charge is 0.458 e. The van der Waals surface area contributed by atoms with Crippen molar-refractivity contribution in [1.82, 2.24) is 5.32 Å². The van der Waals surface area contributed by atoms with E-state index in [1.54, 1.807) is 6.07 Å². The Morgan fingerprint density at radius 1 is 1.61 bits per heavy atom. The van der Waals surface area contributed by atoms with Crippen LogP contribution >= 0.6 is 28.3 Å². The zero-order valence-corrected chi connectivity index (χ0v) is 13.2. The molecular formula is C12H20BrClN2O2. The van der Waals surface area contributed by atoms with Crippen LogP contribution < -0.4 is 11.1 Å². The Morgan fingerprint density at radius 2 is 2.22 bits per heavy atom. The van der Waals surface area contributed by atoms with Gasteiger partial charge in [-0.3, -0.25) is 4.79 Å². The molecule has 1 unspecified atom stereocenters. The number of halogens is 2. The highest BCUT2D eigenvalue weighted by molar-refractivity contribution is 9.10. The van der Waals surface area contributed by atoms with Gasteiger partial charge in [-0.2, -0.15) is 0 Å². The molecule has 4 nitrogen and oxygen atoms in total. The van der Waals surface area contributed by atoms with Crippen molar-refractivity contribution in [1.29, 1.82) is 0 Å². The highest BCUT2D eigenvalue weighted by atomic mass is 79.9. The standard InChI is InChI=1S/C12H19BrN2O2.ClH/c1-8(2)6-12(3,7-14)15-11(16)10-9(13)4-5-17-10;/h4-5,8H,6-7,14H2,1-3H3,(H,15,16);1H. The summed E-state index contributed by atoms with van der Waals surface area (Å²) in [6, 6.07) is 1.69. The van der Waals surface area contributed by atoms with E-state index in [0.717, 1.165) is 6.42 Å². The minimum atomic E-state index is -0.405. The maximum absolute atomic E-state index is 12.0. The monoisotopic (exact) mass is 338 g/mol. The Morgan fingerprint density at radius 3 is 2.61 bits per heavy atom. The normalized spacial score (nSPS) is 13.9. The van der Waals surface area contributed by atoms with Crippen LogP contribution in [0.25, 0.3) is 0 Å². The lowest BCUT2D eigenvalue weighted by atomic mass is 9.90. The molecule has 0 bridgehead atoms. The molecule has 0 radical (unpaired) electrons. The molecule has 3 N–H and O–H groups in total. The van der Waals surface area contributed by atoms with Crippen molar-refractivity contribution in [3.05, 3.63) is 22.6 Å². The van der Waals surface area contributed by atoms with Crippen molar-refractivity contribution in [3.63, 3.8) is 0 Å². The Labute approximate surface area is 122 Å². The molecule has 1 aromatic heterocycles. The van der Waals surface area contributed by atoms with Crippen molar-refractivity contribution >= 4 is 34.2 Å². The lowest BCUT2D eigenvalue weighted by Crippen LogP contribution is -2.52. The van der Waals surface area contributed by atoms with Gasteiger partial charge < -0.3 is 15.5 Å². The molecule has 6 heteroatoms. The third kappa shape index (κ3) is 4.63. The summed E-state index contributed by atoms with van der Waals surface area (Å²) < 4.78 is 5.77. The van der Waals surface area contributed by atoms with Gasteiger partial charge in [0.15, 0.2) is 0 Å². The van der Waals surface area contributed by atoms with Crippen LogP contribution in [-0.4, -0.2) is 18.0 Å². The van der Waals surface area contributed by atoms with E-state index in [9.17, 15) is 4.79 Å². The molecule has 1 amide bonds. The Kier molecular flexibility index (Phi) is 6.96. The van der Waals surface area contributed by atoms with Crippen LogP contribution in [0.15, 0.2) is 21.2 Å². The second-order valence-corrected chi connectivity index (χ2v) is 5.77. The summed E-state index contributed by atoms with van der Waals surface area (Å²) in [4.78, 5) is 12.0. The van der Waals surface area contributed by atoms with Crippen LogP contribution in [-0.2, 0) is 0 Å². The minimum absolute atomic E-state index is 0. The van der Waals surface area contributed by atoms with E-state index in [4.69, 9.17) is 10.2 Å². The number of rotatable bonds is 5. The lowest BCUT2D eigenvalue weighted by Gasteiger charge is -2.30. The summed E-state index contributed by atoms with van der Waals surface area (Å²) in [5.74, 6) is 0.507. The fraction of sp³-hybridized carbons (Fsp3) is 0.583. The van der Waals surface area contributed by atoms with Gasteiger partial charge in [0.05, 0.1) is 16.3 Å². The summed E-state index contributed by atoms with van der Waals surface area (Å²) in [6.45, 7) is 6.54. The molecule has 1 rings (SSSR count). The average molecular weight is 340 g/mol. The summed E-state index contributed by atoms with van der Waals surface area (Å²) in [5.41, 5.74) is 5.33. The van der Waals surface area contributed by atoms with Gasteiger partial charge in [-0.15, -0.1) is 12.4 Å². The molecule has 0 saturated carbocycles. The number of carbonyl (C=O) groups excluding carboxylic acids is 1. The third-order valence-corrected chi connectivity index (χ3v) is 3.17. The van der Waals surface area contributed by atoms with E-state index in [1.165, 1.54) is 6.26 Å². The molecule has 1 atom stereocenters. The fourth-order valence-electron chi connectivity index (χ4n) is 1.87. The first-order valence-electron chi connectivity index (χ1n) is 5.63. The van der Waals surface area contributed by atoms with E-state index < -0.39 is 5.54 Å². The van der Waals surface area contributed by atoms with E-state index in [0.29, 0.717) is 16.9 Å². The van der Waals surface area contributed by atoms with Crippen LogP contribution in [0.3, 0.4) is 0 Å². The van der Waals surface area contributed by atoms with Crippen LogP contribution in [0.4, 0.5) is 0 Å². The smallest absolute Gasteiger partial charge is 0.288 e. The third-order valence-electron chi connectivity index (χ3n) is 2.55. The summed E-state index contributed by atoms with van der Waals surface area (Å²) in [7, 11) is 0. The molecule has 18 heavy (non-hydrogen) atoms. The van der Waals surface area contributed by atoms with Gasteiger partial charge in [0.1, 0.15) is 0 Å². The molecule has 1 aromatic rings. The number of furan rings is 1. The predicted molar refractivity (Wildman–Crippen MR) is 78.0 cm³/mol. The van der Waals surface area contributed by atoms with Crippen molar-refractivity contribution < 1.29 is 9.21 Å². The van der Waals surface area contributed by atoms with Crippen LogP contribution in [0.1, 0.15) is 37.7 Å². The lowest BCUT2D eigenvalue weighted by molar-refractivity contribution is 0.0868. The van der Waals surface area contributed by atoms with Gasteiger partial charge in [-0.1, -0.05) is 13.8 Å². The van der Waals surface area contributed by atoms with E-state index >= 15 is 0 Å². The van der Waals surface area contributed by atoms with E-state index in [-0.39, 0.29) is 24.1 Å². The molecule has 104 valence electrons. The van der Waals surface area contributed by atoms with Crippen molar-refractivity contribution in [3.8, 4) is 0 Å². The van der Waals surface area contributed by atoms with Crippen LogP contribution in [0.5, 0.6) is 0 Å². The Balaban J connectivity index is 0.00000289. The van der Waals surface area contributed by atoms with Crippen LogP contribution in [0.2, 0.25) is 0 Å². The highest BCUT2D eigenvalue weighted by Gasteiger charge is 2.28. The summed E-state index contributed by atoms with van der Waals surface area (Å²) in [5, 5.41) is 2.93. The topological polar surface area (TPSA) is 68.3 Å². The van der Waals surface area contributed by atoms with E-state index in [2.05, 4.69) is 35.1 Å². The van der Waals surface area contributed by atoms with Gasteiger partial charge in [-0.25, -0.2) is 0 Å². The molecule has 0 saturated heterocycles. The number of amides is 1. The quantitative estimate of drug-likeness (QED) is 0.866. The molecular weight excluding hydrogens is 320 g/mol. The maximum atomic E-state index is 12.0. The van der Waals surface area contributed by atoms with Crippen molar-refractivity contribution in [2.24, 2.45) is 11.7 Å². The van der Waals surface area contributed by atoms with Gasteiger partial charge in [-0.05, 0) is 41.3 Å². The summed E-state index contributed by atoms with van der Waals surface area (Å²) >= 11 is 3.26. The molecule has 0 aliphatic heterocycles. The van der Waals surface area contributed by atoms with E-state index in [1.807, 2.05) is 6.92 Å². The number of hydrogen-bond acceptors (Lipinski definition) is 3. The average Bonchev–Trinajstić information content (AvgIpc) is 2.63. The summed E-state index contributed by atoms with van der Waals surface area (Å²) in [6.07, 6.45) is 2.30. The zero-order valence-electron chi connectivity index (χ0n) is 10.8. The predicted octanol–water partition coefficient (Wildman–Crippen LogP) is 2.96. The minimum Gasteiger partial charge on any atom is -0.458 e. The SMILES string of the molecule is CC(C)CC(C)(CN)NC(=O)c1occc1Br.Cl. The molecule has 1 heterocycles. The molecule has 0 aliphatic rings. The number of carbonyl (C=O) groups is 1. The van der Waals surface area contributed by atoms with Crippen molar-refractivity contribution in [2.75, 3.05) is 6.54 Å². The number of nitrogens with two attached hydrogens (primary N) is 1.